The quantitative estimate of drug-likeness (QED) is 0.706. The molecule has 1 saturated heterocycles. The maximum atomic E-state index is 6.03. The highest BCUT2D eigenvalue weighted by atomic mass is 16.5. The van der Waals surface area contributed by atoms with Crippen LogP contribution < -0.4 is 5.32 Å². The summed E-state index contributed by atoms with van der Waals surface area (Å²) in [5.41, 5.74) is 3.09. The Labute approximate surface area is 159 Å². The first kappa shape index (κ1) is 19.1. The van der Waals surface area contributed by atoms with Crippen molar-refractivity contribution in [2.75, 3.05) is 13.2 Å². The Kier molecular flexibility index (Phi) is 6.16. The molecule has 0 aliphatic carbocycles. The van der Waals surface area contributed by atoms with Gasteiger partial charge in [0, 0.05) is 12.6 Å². The standard InChI is InChI=1S/C24H33NO/c1-20(22-12-8-5-9-13-22)25-16-14-24(15-17-26-23(2,3)19-24)18-21-10-6-4-7-11-21/h4-13,20,25H,14-19H2,1-3H3/t20-,24+/m0/s1. The number of benzene rings is 2. The summed E-state index contributed by atoms with van der Waals surface area (Å²) in [6.07, 6.45) is 4.59. The fourth-order valence-electron chi connectivity index (χ4n) is 4.48. The Morgan fingerprint density at radius 1 is 1.00 bits per heavy atom. The Bertz CT molecular complexity index is 667. The number of ether oxygens (including phenoxy) is 1. The van der Waals surface area contributed by atoms with Gasteiger partial charge in [-0.15, -0.1) is 0 Å². The molecule has 2 aromatic rings. The molecule has 0 saturated carbocycles. The molecule has 1 N–H and O–H groups in total. The van der Waals surface area contributed by atoms with E-state index >= 15 is 0 Å². The maximum Gasteiger partial charge on any atom is 0.0631 e. The normalized spacial score (nSPS) is 23.5. The first-order chi connectivity index (χ1) is 12.5. The average Bonchev–Trinajstić information content (AvgIpc) is 2.62. The van der Waals surface area contributed by atoms with Gasteiger partial charge >= 0.3 is 0 Å². The second kappa shape index (κ2) is 8.37. The lowest BCUT2D eigenvalue weighted by atomic mass is 9.68. The van der Waals surface area contributed by atoms with Gasteiger partial charge in [-0.1, -0.05) is 60.7 Å². The van der Waals surface area contributed by atoms with E-state index in [2.05, 4.69) is 86.8 Å². The molecule has 0 radical (unpaired) electrons. The summed E-state index contributed by atoms with van der Waals surface area (Å²) in [5, 5.41) is 3.74. The van der Waals surface area contributed by atoms with Crippen molar-refractivity contribution in [2.24, 2.45) is 5.41 Å². The minimum atomic E-state index is -0.0297. The van der Waals surface area contributed by atoms with E-state index in [9.17, 15) is 0 Å². The summed E-state index contributed by atoms with van der Waals surface area (Å²) in [7, 11) is 0. The molecule has 0 aromatic heterocycles. The van der Waals surface area contributed by atoms with Crippen molar-refractivity contribution < 1.29 is 4.74 Å². The molecule has 26 heavy (non-hydrogen) atoms. The lowest BCUT2D eigenvalue weighted by Gasteiger charge is -2.45. The summed E-state index contributed by atoms with van der Waals surface area (Å²) in [6.45, 7) is 8.65. The van der Waals surface area contributed by atoms with Crippen LogP contribution in [0.4, 0.5) is 0 Å². The highest BCUT2D eigenvalue weighted by Crippen LogP contribution is 2.43. The van der Waals surface area contributed by atoms with Gasteiger partial charge in [-0.05, 0) is 69.5 Å². The van der Waals surface area contributed by atoms with Gasteiger partial charge in [0.05, 0.1) is 5.60 Å². The Hall–Kier alpha value is -1.64. The third-order valence-electron chi connectivity index (χ3n) is 5.75. The minimum absolute atomic E-state index is 0.0297. The molecule has 1 aliphatic heterocycles. The zero-order chi connectivity index (χ0) is 18.5. The molecule has 0 amide bonds. The van der Waals surface area contributed by atoms with Gasteiger partial charge in [0.15, 0.2) is 0 Å². The number of nitrogens with one attached hydrogen (secondary N) is 1. The molecule has 0 spiro atoms. The minimum Gasteiger partial charge on any atom is -0.376 e. The van der Waals surface area contributed by atoms with Crippen LogP contribution in [0.1, 0.15) is 57.2 Å². The number of hydrogen-bond acceptors (Lipinski definition) is 2. The van der Waals surface area contributed by atoms with E-state index in [4.69, 9.17) is 4.74 Å². The molecule has 0 bridgehead atoms. The van der Waals surface area contributed by atoms with E-state index in [1.807, 2.05) is 0 Å². The van der Waals surface area contributed by atoms with Gasteiger partial charge in [-0.3, -0.25) is 0 Å². The summed E-state index contributed by atoms with van der Waals surface area (Å²) in [5.74, 6) is 0. The van der Waals surface area contributed by atoms with E-state index in [-0.39, 0.29) is 5.60 Å². The third kappa shape index (κ3) is 5.18. The van der Waals surface area contributed by atoms with Crippen molar-refractivity contribution in [3.8, 4) is 0 Å². The van der Waals surface area contributed by atoms with E-state index in [1.165, 1.54) is 17.5 Å². The Morgan fingerprint density at radius 2 is 1.65 bits per heavy atom. The fraction of sp³-hybridized carbons (Fsp3) is 0.500. The van der Waals surface area contributed by atoms with Gasteiger partial charge in [0.2, 0.25) is 0 Å². The SMILES string of the molecule is C[C@H](NCC[C@]1(Cc2ccccc2)CCOC(C)(C)C1)c1ccccc1. The van der Waals surface area contributed by atoms with Gasteiger partial charge in [-0.2, -0.15) is 0 Å². The number of rotatable bonds is 7. The lowest BCUT2D eigenvalue weighted by Crippen LogP contribution is -2.44. The molecule has 140 valence electrons. The van der Waals surface area contributed by atoms with Gasteiger partial charge in [0.1, 0.15) is 0 Å². The van der Waals surface area contributed by atoms with Crippen LogP contribution in [0.15, 0.2) is 60.7 Å². The molecule has 2 heteroatoms. The van der Waals surface area contributed by atoms with E-state index in [1.54, 1.807) is 0 Å². The van der Waals surface area contributed by atoms with E-state index in [0.29, 0.717) is 11.5 Å². The van der Waals surface area contributed by atoms with Crippen molar-refractivity contribution in [2.45, 2.75) is 58.1 Å². The molecular weight excluding hydrogens is 318 g/mol. The zero-order valence-corrected chi connectivity index (χ0v) is 16.5. The first-order valence-corrected chi connectivity index (χ1v) is 9.94. The second-order valence-electron chi connectivity index (χ2n) is 8.53. The molecule has 1 heterocycles. The van der Waals surface area contributed by atoms with Crippen LogP contribution in [0.5, 0.6) is 0 Å². The van der Waals surface area contributed by atoms with Crippen molar-refractivity contribution in [3.05, 3.63) is 71.8 Å². The molecule has 1 aliphatic rings. The zero-order valence-electron chi connectivity index (χ0n) is 16.5. The predicted molar refractivity (Wildman–Crippen MR) is 109 cm³/mol. The van der Waals surface area contributed by atoms with Crippen molar-refractivity contribution in [3.63, 3.8) is 0 Å². The van der Waals surface area contributed by atoms with Crippen molar-refractivity contribution in [1.82, 2.24) is 5.32 Å². The Morgan fingerprint density at radius 3 is 2.31 bits per heavy atom. The molecule has 2 aromatic carbocycles. The molecular formula is C24H33NO. The lowest BCUT2D eigenvalue weighted by molar-refractivity contribution is -0.107. The summed E-state index contributed by atoms with van der Waals surface area (Å²) < 4.78 is 6.03. The van der Waals surface area contributed by atoms with Gasteiger partial charge < -0.3 is 10.1 Å². The Balaban J connectivity index is 1.66. The molecule has 2 atom stereocenters. The predicted octanol–water partition coefficient (Wildman–Crippen LogP) is 5.55. The molecule has 1 fully saturated rings. The monoisotopic (exact) mass is 351 g/mol. The van der Waals surface area contributed by atoms with Crippen molar-refractivity contribution >= 4 is 0 Å². The van der Waals surface area contributed by atoms with E-state index < -0.39 is 0 Å². The largest absolute Gasteiger partial charge is 0.376 e. The topological polar surface area (TPSA) is 21.3 Å². The highest BCUT2D eigenvalue weighted by molar-refractivity contribution is 5.19. The first-order valence-electron chi connectivity index (χ1n) is 9.94. The van der Waals surface area contributed by atoms with Crippen LogP contribution in [-0.4, -0.2) is 18.8 Å². The van der Waals surface area contributed by atoms with Crippen LogP contribution in [0.3, 0.4) is 0 Å². The van der Waals surface area contributed by atoms with E-state index in [0.717, 1.165) is 32.4 Å². The van der Waals surface area contributed by atoms with Crippen molar-refractivity contribution in [1.29, 1.82) is 0 Å². The second-order valence-corrected chi connectivity index (χ2v) is 8.53. The molecule has 3 rings (SSSR count). The summed E-state index contributed by atoms with van der Waals surface area (Å²) >= 11 is 0. The maximum absolute atomic E-state index is 6.03. The fourth-order valence-corrected chi connectivity index (χ4v) is 4.48. The molecule has 0 unspecified atom stereocenters. The van der Waals surface area contributed by atoms with Crippen LogP contribution in [0.2, 0.25) is 0 Å². The number of hydrogen-bond donors (Lipinski definition) is 1. The average molecular weight is 352 g/mol. The summed E-state index contributed by atoms with van der Waals surface area (Å²) in [6, 6.07) is 22.1. The smallest absolute Gasteiger partial charge is 0.0631 e. The van der Waals surface area contributed by atoms with Crippen LogP contribution in [-0.2, 0) is 11.2 Å². The van der Waals surface area contributed by atoms with Crippen LogP contribution >= 0.6 is 0 Å². The van der Waals surface area contributed by atoms with Crippen LogP contribution in [0, 0.1) is 5.41 Å². The summed E-state index contributed by atoms with van der Waals surface area (Å²) in [4.78, 5) is 0. The molecule has 2 nitrogen and oxygen atoms in total. The highest BCUT2D eigenvalue weighted by Gasteiger charge is 2.40. The van der Waals surface area contributed by atoms with Crippen LogP contribution in [0.25, 0.3) is 0 Å². The van der Waals surface area contributed by atoms with Gasteiger partial charge in [0.25, 0.3) is 0 Å². The van der Waals surface area contributed by atoms with Gasteiger partial charge in [-0.25, -0.2) is 0 Å². The third-order valence-corrected chi connectivity index (χ3v) is 5.75.